The number of hydrogen-bond donors (Lipinski definition) is 1. The van der Waals surface area contributed by atoms with Gasteiger partial charge < -0.3 is 5.32 Å². The molecule has 0 aromatic carbocycles. The number of rotatable bonds is 6. The second-order valence-electron chi connectivity index (χ2n) is 5.18. The van der Waals surface area contributed by atoms with Gasteiger partial charge in [0, 0.05) is 18.0 Å². The third-order valence-corrected chi connectivity index (χ3v) is 5.01. The van der Waals surface area contributed by atoms with Crippen LogP contribution in [0.1, 0.15) is 17.7 Å². The molecule has 0 radical (unpaired) electrons. The molecule has 2 heterocycles. The number of nitrogens with one attached hydrogen (secondary N) is 1. The minimum Gasteiger partial charge on any atom is -0.379 e. The lowest BCUT2D eigenvalue weighted by Crippen LogP contribution is -2.27. The Balaban J connectivity index is 1.67. The largest absolute Gasteiger partial charge is 0.379 e. The van der Waals surface area contributed by atoms with Crippen molar-refractivity contribution < 1.29 is 0 Å². The molecule has 1 fully saturated rings. The molecule has 1 saturated carbocycles. The maximum Gasteiger partial charge on any atom is 0.291 e. The van der Waals surface area contributed by atoms with Crippen molar-refractivity contribution in [3.8, 4) is 0 Å². The van der Waals surface area contributed by atoms with E-state index in [1.807, 2.05) is 12.1 Å². The summed E-state index contributed by atoms with van der Waals surface area (Å²) in [6, 6.07) is 3.87. The standard InChI is InChI=1S/C14H15Cl2N3OS/c15-11-7-18-19(8-9-1-2-9)14(20)13(11)17-6-5-10-3-4-12(16)21-10/h3-4,7,9,17H,1-2,5-6,8H2. The summed E-state index contributed by atoms with van der Waals surface area (Å²) in [6.45, 7) is 1.32. The second kappa shape index (κ2) is 6.38. The first-order chi connectivity index (χ1) is 10.1. The molecule has 0 atom stereocenters. The highest BCUT2D eigenvalue weighted by Gasteiger charge is 2.23. The summed E-state index contributed by atoms with van der Waals surface area (Å²) in [5.41, 5.74) is 0.300. The minimum atomic E-state index is -0.140. The highest BCUT2D eigenvalue weighted by molar-refractivity contribution is 7.16. The zero-order chi connectivity index (χ0) is 14.8. The van der Waals surface area contributed by atoms with Crippen LogP contribution in [-0.2, 0) is 13.0 Å². The fraction of sp³-hybridized carbons (Fsp3) is 0.429. The summed E-state index contributed by atoms with van der Waals surface area (Å²) >= 11 is 13.5. The van der Waals surface area contributed by atoms with E-state index in [4.69, 9.17) is 23.2 Å². The Bertz CT molecular complexity index is 694. The van der Waals surface area contributed by atoms with Crippen molar-refractivity contribution in [2.45, 2.75) is 25.8 Å². The van der Waals surface area contributed by atoms with E-state index in [1.165, 1.54) is 28.6 Å². The average Bonchev–Trinajstić information content (AvgIpc) is 3.18. The third kappa shape index (κ3) is 3.78. The van der Waals surface area contributed by atoms with Crippen LogP contribution in [0.15, 0.2) is 23.1 Å². The van der Waals surface area contributed by atoms with Gasteiger partial charge in [0.1, 0.15) is 5.69 Å². The number of thiophene rings is 1. The van der Waals surface area contributed by atoms with Crippen LogP contribution in [0.4, 0.5) is 5.69 Å². The van der Waals surface area contributed by atoms with Crippen molar-refractivity contribution in [2.75, 3.05) is 11.9 Å². The highest BCUT2D eigenvalue weighted by atomic mass is 35.5. The molecule has 4 nitrogen and oxygen atoms in total. The van der Waals surface area contributed by atoms with Gasteiger partial charge in [-0.1, -0.05) is 23.2 Å². The minimum absolute atomic E-state index is 0.140. The molecule has 1 aliphatic carbocycles. The zero-order valence-electron chi connectivity index (χ0n) is 11.3. The topological polar surface area (TPSA) is 46.9 Å². The van der Waals surface area contributed by atoms with Crippen LogP contribution in [0.25, 0.3) is 0 Å². The molecule has 1 aliphatic rings. The first kappa shape index (κ1) is 14.9. The zero-order valence-corrected chi connectivity index (χ0v) is 13.6. The van der Waals surface area contributed by atoms with Crippen molar-refractivity contribution in [1.29, 1.82) is 0 Å². The molecule has 3 rings (SSSR count). The van der Waals surface area contributed by atoms with Gasteiger partial charge in [-0.2, -0.15) is 5.10 Å². The SMILES string of the molecule is O=c1c(NCCc2ccc(Cl)s2)c(Cl)cnn1CC1CC1. The van der Waals surface area contributed by atoms with Crippen LogP contribution in [-0.4, -0.2) is 16.3 Å². The van der Waals surface area contributed by atoms with Crippen molar-refractivity contribution in [1.82, 2.24) is 9.78 Å². The molecule has 112 valence electrons. The number of hydrogen-bond acceptors (Lipinski definition) is 4. The van der Waals surface area contributed by atoms with Gasteiger partial charge in [0.15, 0.2) is 0 Å². The predicted molar refractivity (Wildman–Crippen MR) is 87.8 cm³/mol. The maximum absolute atomic E-state index is 12.3. The summed E-state index contributed by atoms with van der Waals surface area (Å²) in [5, 5.41) is 7.61. The van der Waals surface area contributed by atoms with Crippen LogP contribution in [0.2, 0.25) is 9.36 Å². The fourth-order valence-electron chi connectivity index (χ4n) is 2.10. The number of aromatic nitrogens is 2. The van der Waals surface area contributed by atoms with Crippen LogP contribution < -0.4 is 10.9 Å². The summed E-state index contributed by atoms with van der Waals surface area (Å²) < 4.78 is 2.28. The Morgan fingerprint density at radius 2 is 2.19 bits per heavy atom. The second-order valence-corrected chi connectivity index (χ2v) is 7.39. The molecule has 7 heteroatoms. The molecule has 2 aromatic rings. The molecule has 0 bridgehead atoms. The van der Waals surface area contributed by atoms with Gasteiger partial charge in [-0.05, 0) is 37.3 Å². The van der Waals surface area contributed by atoms with Crippen LogP contribution >= 0.6 is 34.5 Å². The van der Waals surface area contributed by atoms with E-state index in [9.17, 15) is 4.79 Å². The van der Waals surface area contributed by atoms with Crippen molar-refractivity contribution in [3.05, 3.63) is 42.9 Å². The Hall–Kier alpha value is -1.04. The molecule has 0 unspecified atom stereocenters. The summed E-state index contributed by atoms with van der Waals surface area (Å²) in [5.74, 6) is 0.595. The maximum atomic E-state index is 12.3. The summed E-state index contributed by atoms with van der Waals surface area (Å²) in [4.78, 5) is 13.5. The first-order valence-electron chi connectivity index (χ1n) is 6.87. The molecule has 2 aromatic heterocycles. The highest BCUT2D eigenvalue weighted by Crippen LogP contribution is 2.30. The van der Waals surface area contributed by atoms with Gasteiger partial charge in [-0.15, -0.1) is 11.3 Å². The van der Waals surface area contributed by atoms with E-state index in [1.54, 1.807) is 11.3 Å². The van der Waals surface area contributed by atoms with Crippen molar-refractivity contribution in [2.24, 2.45) is 5.92 Å². The van der Waals surface area contributed by atoms with E-state index in [2.05, 4.69) is 10.4 Å². The van der Waals surface area contributed by atoms with E-state index in [-0.39, 0.29) is 5.56 Å². The fourth-order valence-corrected chi connectivity index (χ4v) is 3.38. The van der Waals surface area contributed by atoms with Gasteiger partial charge in [0.05, 0.1) is 15.6 Å². The van der Waals surface area contributed by atoms with E-state index in [0.717, 1.165) is 10.8 Å². The van der Waals surface area contributed by atoms with E-state index in [0.29, 0.717) is 29.7 Å². The quantitative estimate of drug-likeness (QED) is 0.870. The Morgan fingerprint density at radius 1 is 1.38 bits per heavy atom. The van der Waals surface area contributed by atoms with Gasteiger partial charge in [-0.3, -0.25) is 4.79 Å². The Morgan fingerprint density at radius 3 is 2.86 bits per heavy atom. The summed E-state index contributed by atoms with van der Waals surface area (Å²) in [6.07, 6.45) is 4.70. The lowest BCUT2D eigenvalue weighted by Gasteiger charge is -2.10. The Kier molecular flexibility index (Phi) is 4.52. The average molecular weight is 344 g/mol. The molecule has 21 heavy (non-hydrogen) atoms. The lowest BCUT2D eigenvalue weighted by atomic mass is 10.3. The number of anilines is 1. The molecule has 0 spiro atoms. The van der Waals surface area contributed by atoms with Crippen molar-refractivity contribution in [3.63, 3.8) is 0 Å². The smallest absolute Gasteiger partial charge is 0.291 e. The number of halogens is 2. The van der Waals surface area contributed by atoms with Crippen molar-refractivity contribution >= 4 is 40.2 Å². The van der Waals surface area contributed by atoms with Crippen LogP contribution in [0.3, 0.4) is 0 Å². The molecule has 0 saturated heterocycles. The third-order valence-electron chi connectivity index (χ3n) is 3.43. The first-order valence-corrected chi connectivity index (χ1v) is 8.44. The van der Waals surface area contributed by atoms with Crippen LogP contribution in [0.5, 0.6) is 0 Å². The van der Waals surface area contributed by atoms with Crippen LogP contribution in [0, 0.1) is 5.92 Å². The molecular formula is C14H15Cl2N3OS. The van der Waals surface area contributed by atoms with E-state index >= 15 is 0 Å². The van der Waals surface area contributed by atoms with Gasteiger partial charge in [0.2, 0.25) is 0 Å². The van der Waals surface area contributed by atoms with Gasteiger partial charge >= 0.3 is 0 Å². The molecule has 0 aliphatic heterocycles. The van der Waals surface area contributed by atoms with Gasteiger partial charge in [-0.25, -0.2) is 4.68 Å². The monoisotopic (exact) mass is 343 g/mol. The summed E-state index contributed by atoms with van der Waals surface area (Å²) in [7, 11) is 0. The number of nitrogens with zero attached hydrogens (tertiary/aromatic N) is 2. The molecule has 0 amide bonds. The normalized spacial score (nSPS) is 14.4. The van der Waals surface area contributed by atoms with Gasteiger partial charge in [0.25, 0.3) is 5.56 Å². The Labute approximate surface area is 136 Å². The molecular weight excluding hydrogens is 329 g/mol. The lowest BCUT2D eigenvalue weighted by molar-refractivity contribution is 0.534. The molecule has 1 N–H and O–H groups in total. The van der Waals surface area contributed by atoms with E-state index < -0.39 is 0 Å². The predicted octanol–water partition coefficient (Wildman–Crippen LogP) is 3.68.